The Hall–Kier alpha value is -0.590. The van der Waals surface area contributed by atoms with Crippen LogP contribution in [0.1, 0.15) is 27.2 Å². The Morgan fingerprint density at radius 1 is 1.60 bits per heavy atom. The van der Waals surface area contributed by atoms with Crippen molar-refractivity contribution in [3.63, 3.8) is 0 Å². The van der Waals surface area contributed by atoms with E-state index in [4.69, 9.17) is 0 Å². The van der Waals surface area contributed by atoms with Crippen molar-refractivity contribution in [1.29, 1.82) is 0 Å². The molecule has 10 heavy (non-hydrogen) atoms. The number of hydrogen-bond donors (Lipinski definition) is 0. The predicted molar refractivity (Wildman–Crippen MR) is 41.7 cm³/mol. The standard InChI is InChI=1S/C9H14O/c1-6-5-7(6)8(10)9(2,3)4/h7H,1,5H2,2-4H3. The summed E-state index contributed by atoms with van der Waals surface area (Å²) in [5, 5.41) is 0. The van der Waals surface area contributed by atoms with E-state index in [9.17, 15) is 4.79 Å². The summed E-state index contributed by atoms with van der Waals surface area (Å²) >= 11 is 0. The lowest BCUT2D eigenvalue weighted by atomic mass is 9.88. The molecule has 1 saturated carbocycles. The van der Waals surface area contributed by atoms with Crippen LogP contribution in [0.5, 0.6) is 0 Å². The van der Waals surface area contributed by atoms with Crippen LogP contribution in [0.3, 0.4) is 0 Å². The molecule has 56 valence electrons. The highest BCUT2D eigenvalue weighted by Gasteiger charge is 2.40. The quantitative estimate of drug-likeness (QED) is 0.507. The summed E-state index contributed by atoms with van der Waals surface area (Å²) in [6.07, 6.45) is 0.927. The summed E-state index contributed by atoms with van der Waals surface area (Å²) in [5.41, 5.74) is 0.935. The number of carbonyl (C=O) groups excluding carboxylic acids is 1. The van der Waals surface area contributed by atoms with Gasteiger partial charge >= 0.3 is 0 Å². The van der Waals surface area contributed by atoms with Crippen LogP contribution >= 0.6 is 0 Å². The number of carbonyl (C=O) groups is 1. The van der Waals surface area contributed by atoms with Gasteiger partial charge in [-0.05, 0) is 6.42 Å². The Kier molecular flexibility index (Phi) is 1.46. The third kappa shape index (κ3) is 1.28. The molecule has 0 saturated heterocycles. The molecule has 1 heteroatoms. The molecule has 1 unspecified atom stereocenters. The Balaban J connectivity index is 2.59. The minimum Gasteiger partial charge on any atom is -0.298 e. The molecule has 0 aliphatic heterocycles. The first-order valence-corrected chi connectivity index (χ1v) is 3.65. The van der Waals surface area contributed by atoms with Gasteiger partial charge in [0.15, 0.2) is 0 Å². The van der Waals surface area contributed by atoms with Crippen molar-refractivity contribution in [3.8, 4) is 0 Å². The molecule has 0 bridgehead atoms. The SMILES string of the molecule is C=C1CC1C(=O)C(C)(C)C. The second-order valence-electron chi connectivity index (χ2n) is 4.03. The number of ketones is 1. The van der Waals surface area contributed by atoms with Crippen LogP contribution in [0.4, 0.5) is 0 Å². The van der Waals surface area contributed by atoms with Gasteiger partial charge in [0, 0.05) is 11.3 Å². The van der Waals surface area contributed by atoms with Crippen molar-refractivity contribution in [1.82, 2.24) is 0 Å². The highest BCUT2D eigenvalue weighted by atomic mass is 16.1. The molecular formula is C9H14O. The number of hydrogen-bond acceptors (Lipinski definition) is 1. The normalized spacial score (nSPS) is 24.7. The van der Waals surface area contributed by atoms with Crippen LogP contribution in [0, 0.1) is 11.3 Å². The van der Waals surface area contributed by atoms with Gasteiger partial charge in [-0.25, -0.2) is 0 Å². The van der Waals surface area contributed by atoms with Crippen LogP contribution in [0.25, 0.3) is 0 Å². The van der Waals surface area contributed by atoms with Crippen molar-refractivity contribution in [3.05, 3.63) is 12.2 Å². The van der Waals surface area contributed by atoms with Crippen molar-refractivity contribution < 1.29 is 4.79 Å². The summed E-state index contributed by atoms with van der Waals surface area (Å²) in [5.74, 6) is 0.539. The third-order valence-corrected chi connectivity index (χ3v) is 1.85. The highest BCUT2D eigenvalue weighted by Crippen LogP contribution is 2.41. The van der Waals surface area contributed by atoms with E-state index in [1.54, 1.807) is 0 Å². The zero-order chi connectivity index (χ0) is 7.94. The summed E-state index contributed by atoms with van der Waals surface area (Å²) in [7, 11) is 0. The Morgan fingerprint density at radius 3 is 2.10 bits per heavy atom. The first kappa shape index (κ1) is 7.52. The van der Waals surface area contributed by atoms with E-state index >= 15 is 0 Å². The summed E-state index contributed by atoms with van der Waals surface area (Å²) in [6, 6.07) is 0. The zero-order valence-electron chi connectivity index (χ0n) is 6.90. The lowest BCUT2D eigenvalue weighted by Gasteiger charge is -2.15. The van der Waals surface area contributed by atoms with E-state index in [-0.39, 0.29) is 11.3 Å². The van der Waals surface area contributed by atoms with Gasteiger partial charge in [0.05, 0.1) is 0 Å². The molecule has 0 spiro atoms. The molecule has 1 fully saturated rings. The van der Waals surface area contributed by atoms with Crippen LogP contribution in [-0.4, -0.2) is 5.78 Å². The summed E-state index contributed by atoms with van der Waals surface area (Å²) in [4.78, 5) is 11.4. The van der Waals surface area contributed by atoms with E-state index in [0.717, 1.165) is 12.0 Å². The fourth-order valence-corrected chi connectivity index (χ4v) is 1.00. The first-order chi connectivity index (χ1) is 4.43. The van der Waals surface area contributed by atoms with E-state index in [1.807, 2.05) is 20.8 Å². The molecule has 0 heterocycles. The molecule has 1 aliphatic carbocycles. The molecule has 1 aliphatic rings. The Bertz CT molecular complexity index is 183. The number of Topliss-reactive ketones (excluding diaryl/α,β-unsaturated/α-hetero) is 1. The number of allylic oxidation sites excluding steroid dienone is 1. The average Bonchev–Trinajstić information content (AvgIpc) is 2.42. The van der Waals surface area contributed by atoms with Crippen LogP contribution < -0.4 is 0 Å². The fourth-order valence-electron chi connectivity index (χ4n) is 1.00. The van der Waals surface area contributed by atoms with E-state index in [1.165, 1.54) is 0 Å². The minimum absolute atomic E-state index is 0.176. The molecular weight excluding hydrogens is 124 g/mol. The van der Waals surface area contributed by atoms with E-state index in [0.29, 0.717) is 5.78 Å². The Labute approximate surface area is 62.1 Å². The summed E-state index contributed by atoms with van der Waals surface area (Å²) in [6.45, 7) is 9.64. The maximum absolute atomic E-state index is 11.4. The lowest BCUT2D eigenvalue weighted by Crippen LogP contribution is -2.21. The van der Waals surface area contributed by atoms with Gasteiger partial charge in [0.1, 0.15) is 5.78 Å². The van der Waals surface area contributed by atoms with Gasteiger partial charge in [-0.1, -0.05) is 32.9 Å². The van der Waals surface area contributed by atoms with Gasteiger partial charge in [-0.2, -0.15) is 0 Å². The van der Waals surface area contributed by atoms with Crippen LogP contribution in [0.2, 0.25) is 0 Å². The third-order valence-electron chi connectivity index (χ3n) is 1.85. The molecule has 1 atom stereocenters. The maximum Gasteiger partial charge on any atom is 0.145 e. The van der Waals surface area contributed by atoms with Gasteiger partial charge in [-0.3, -0.25) is 4.79 Å². The Morgan fingerprint density at radius 2 is 2.00 bits per heavy atom. The average molecular weight is 138 g/mol. The molecule has 0 aromatic carbocycles. The first-order valence-electron chi connectivity index (χ1n) is 3.65. The van der Waals surface area contributed by atoms with Crippen molar-refractivity contribution in [2.75, 3.05) is 0 Å². The molecule has 0 aromatic rings. The van der Waals surface area contributed by atoms with Gasteiger partial charge in [0.25, 0.3) is 0 Å². The predicted octanol–water partition coefficient (Wildman–Crippen LogP) is 2.18. The second-order valence-corrected chi connectivity index (χ2v) is 4.03. The minimum atomic E-state index is -0.176. The fraction of sp³-hybridized carbons (Fsp3) is 0.667. The van der Waals surface area contributed by atoms with Crippen LogP contribution in [-0.2, 0) is 4.79 Å². The molecule has 0 radical (unpaired) electrons. The summed E-state index contributed by atoms with van der Waals surface area (Å²) < 4.78 is 0. The smallest absolute Gasteiger partial charge is 0.145 e. The number of rotatable bonds is 1. The molecule has 1 nitrogen and oxygen atoms in total. The van der Waals surface area contributed by atoms with Gasteiger partial charge in [0.2, 0.25) is 0 Å². The van der Waals surface area contributed by atoms with Crippen molar-refractivity contribution in [2.24, 2.45) is 11.3 Å². The van der Waals surface area contributed by atoms with E-state index in [2.05, 4.69) is 6.58 Å². The molecule has 0 N–H and O–H groups in total. The van der Waals surface area contributed by atoms with Gasteiger partial charge < -0.3 is 0 Å². The lowest BCUT2D eigenvalue weighted by molar-refractivity contribution is -0.127. The highest BCUT2D eigenvalue weighted by molar-refractivity contribution is 5.91. The molecule has 0 aromatic heterocycles. The van der Waals surface area contributed by atoms with Gasteiger partial charge in [-0.15, -0.1) is 0 Å². The van der Waals surface area contributed by atoms with Crippen molar-refractivity contribution in [2.45, 2.75) is 27.2 Å². The van der Waals surface area contributed by atoms with Crippen LogP contribution in [0.15, 0.2) is 12.2 Å². The molecule has 0 amide bonds. The second kappa shape index (κ2) is 1.94. The largest absolute Gasteiger partial charge is 0.298 e. The van der Waals surface area contributed by atoms with E-state index < -0.39 is 0 Å². The molecule has 1 rings (SSSR count). The maximum atomic E-state index is 11.4. The zero-order valence-corrected chi connectivity index (χ0v) is 6.90. The monoisotopic (exact) mass is 138 g/mol. The topological polar surface area (TPSA) is 17.1 Å². The van der Waals surface area contributed by atoms with Crippen molar-refractivity contribution >= 4 is 5.78 Å².